The van der Waals surface area contributed by atoms with Crippen LogP contribution in [0.25, 0.3) is 0 Å². The quantitative estimate of drug-likeness (QED) is 0.796. The van der Waals surface area contributed by atoms with E-state index in [9.17, 15) is 5.11 Å². The average molecular weight is 384 g/mol. The summed E-state index contributed by atoms with van der Waals surface area (Å²) in [5.41, 5.74) is 6.04. The smallest absolute Gasteiger partial charge is 0.122 e. The molecule has 1 N–H and O–H groups in total. The first-order valence-corrected chi connectivity index (χ1v) is 10.1. The molecule has 2 aromatic rings. The highest BCUT2D eigenvalue weighted by atomic mass is 16.5. The van der Waals surface area contributed by atoms with Crippen molar-refractivity contribution in [1.29, 1.82) is 0 Å². The molecule has 1 atom stereocenters. The van der Waals surface area contributed by atoms with E-state index in [1.165, 1.54) is 16.7 Å². The molecular weight excluding hydrogens is 350 g/mol. The van der Waals surface area contributed by atoms with Crippen LogP contribution in [0.2, 0.25) is 0 Å². The monoisotopic (exact) mass is 383 g/mol. The zero-order valence-corrected chi connectivity index (χ0v) is 17.6. The summed E-state index contributed by atoms with van der Waals surface area (Å²) in [6.45, 7) is 11.3. The molecule has 1 aliphatic heterocycles. The Balaban J connectivity index is 1.69. The molecule has 0 saturated carbocycles. The van der Waals surface area contributed by atoms with Crippen LogP contribution >= 0.6 is 0 Å². The van der Waals surface area contributed by atoms with Crippen LogP contribution in [0, 0.1) is 20.8 Å². The number of benzene rings is 1. The number of ether oxygens (including phenoxy) is 1. The number of hydrogen-bond acceptors (Lipinski definition) is 5. The minimum absolute atomic E-state index is 0.221. The fourth-order valence-electron chi connectivity index (χ4n) is 4.11. The van der Waals surface area contributed by atoms with Crippen LogP contribution in [-0.4, -0.2) is 59.3 Å². The second-order valence-corrected chi connectivity index (χ2v) is 7.82. The van der Waals surface area contributed by atoms with Crippen molar-refractivity contribution in [2.45, 2.75) is 46.3 Å². The van der Waals surface area contributed by atoms with Gasteiger partial charge in [-0.05, 0) is 62.1 Å². The molecule has 0 amide bonds. The fourth-order valence-corrected chi connectivity index (χ4v) is 4.11. The van der Waals surface area contributed by atoms with Crippen molar-refractivity contribution in [1.82, 2.24) is 14.8 Å². The molecule has 28 heavy (non-hydrogen) atoms. The molecule has 0 bridgehead atoms. The third kappa shape index (κ3) is 4.90. The van der Waals surface area contributed by atoms with Gasteiger partial charge in [0.2, 0.25) is 0 Å². The highest BCUT2D eigenvalue weighted by Crippen LogP contribution is 2.26. The molecule has 5 nitrogen and oxygen atoms in total. The highest BCUT2D eigenvalue weighted by molar-refractivity contribution is 5.43. The molecule has 0 radical (unpaired) electrons. The van der Waals surface area contributed by atoms with Crippen LogP contribution in [-0.2, 0) is 13.1 Å². The second-order valence-electron chi connectivity index (χ2n) is 7.82. The predicted molar refractivity (Wildman–Crippen MR) is 113 cm³/mol. The zero-order chi connectivity index (χ0) is 20.1. The van der Waals surface area contributed by atoms with Crippen LogP contribution in [0.15, 0.2) is 30.3 Å². The predicted octanol–water partition coefficient (Wildman–Crippen LogP) is 3.08. The van der Waals surface area contributed by atoms with Gasteiger partial charge in [0.25, 0.3) is 0 Å². The standard InChI is InChI=1S/C23H33N3O2/c1-17-6-5-7-21(24-17)15-25-11-12-26(22(16-25)10-13-27)14-20-8-9-23(28-4)19(3)18(20)2/h5-9,22,27H,10-16H2,1-4H3/t22-/m1/s1. The number of piperazine rings is 1. The van der Waals surface area contributed by atoms with Crippen LogP contribution in [0.1, 0.15) is 34.5 Å². The Bertz CT molecular complexity index is 793. The summed E-state index contributed by atoms with van der Waals surface area (Å²) >= 11 is 0. The Kier molecular flexibility index (Phi) is 7.05. The van der Waals surface area contributed by atoms with Crippen LogP contribution in [0.3, 0.4) is 0 Å². The Morgan fingerprint density at radius 2 is 1.89 bits per heavy atom. The number of methoxy groups -OCH3 is 1. The summed E-state index contributed by atoms with van der Waals surface area (Å²) in [6, 6.07) is 10.8. The van der Waals surface area contributed by atoms with Gasteiger partial charge in [-0.25, -0.2) is 0 Å². The maximum absolute atomic E-state index is 9.61. The molecule has 1 saturated heterocycles. The van der Waals surface area contributed by atoms with Gasteiger partial charge in [0.15, 0.2) is 0 Å². The second kappa shape index (κ2) is 9.50. The lowest BCUT2D eigenvalue weighted by atomic mass is 10.00. The molecule has 1 aromatic heterocycles. The number of aliphatic hydroxyl groups is 1. The first-order chi connectivity index (χ1) is 13.5. The molecular formula is C23H33N3O2. The van der Waals surface area contributed by atoms with Crippen molar-refractivity contribution < 1.29 is 9.84 Å². The molecule has 2 heterocycles. The van der Waals surface area contributed by atoms with E-state index in [0.29, 0.717) is 6.04 Å². The Labute approximate surface area is 169 Å². The van der Waals surface area contributed by atoms with E-state index >= 15 is 0 Å². The van der Waals surface area contributed by atoms with E-state index in [4.69, 9.17) is 4.74 Å². The Hall–Kier alpha value is -1.95. The van der Waals surface area contributed by atoms with Gasteiger partial charge >= 0.3 is 0 Å². The van der Waals surface area contributed by atoms with Crippen LogP contribution < -0.4 is 4.74 Å². The number of rotatable bonds is 7. The van der Waals surface area contributed by atoms with E-state index in [1.54, 1.807) is 7.11 Å². The van der Waals surface area contributed by atoms with Gasteiger partial charge in [0.1, 0.15) is 5.75 Å². The Morgan fingerprint density at radius 3 is 2.61 bits per heavy atom. The first-order valence-electron chi connectivity index (χ1n) is 10.1. The van der Waals surface area contributed by atoms with E-state index in [0.717, 1.165) is 56.3 Å². The largest absolute Gasteiger partial charge is 0.496 e. The molecule has 152 valence electrons. The van der Waals surface area contributed by atoms with Crippen molar-refractivity contribution in [3.63, 3.8) is 0 Å². The molecule has 1 fully saturated rings. The fraction of sp³-hybridized carbons (Fsp3) is 0.522. The molecule has 1 aromatic carbocycles. The molecule has 1 aliphatic rings. The topological polar surface area (TPSA) is 48.8 Å². The minimum atomic E-state index is 0.221. The van der Waals surface area contributed by atoms with Crippen molar-refractivity contribution in [2.24, 2.45) is 0 Å². The number of nitrogens with zero attached hydrogens (tertiary/aromatic N) is 3. The molecule has 3 rings (SSSR count). The van der Waals surface area contributed by atoms with Crippen molar-refractivity contribution >= 4 is 0 Å². The molecule has 0 spiro atoms. The third-order valence-electron chi connectivity index (χ3n) is 5.93. The van der Waals surface area contributed by atoms with Gasteiger partial charge < -0.3 is 9.84 Å². The molecule has 0 unspecified atom stereocenters. The number of aromatic nitrogens is 1. The lowest BCUT2D eigenvalue weighted by Gasteiger charge is -2.41. The van der Waals surface area contributed by atoms with Crippen molar-refractivity contribution in [3.05, 3.63) is 58.4 Å². The van der Waals surface area contributed by atoms with E-state index in [2.05, 4.69) is 52.9 Å². The minimum Gasteiger partial charge on any atom is -0.496 e. The van der Waals surface area contributed by atoms with Gasteiger partial charge in [-0.15, -0.1) is 0 Å². The lowest BCUT2D eigenvalue weighted by molar-refractivity contribution is 0.0492. The van der Waals surface area contributed by atoms with E-state index < -0.39 is 0 Å². The van der Waals surface area contributed by atoms with Crippen LogP contribution in [0.5, 0.6) is 5.75 Å². The van der Waals surface area contributed by atoms with Gasteiger partial charge in [-0.1, -0.05) is 12.1 Å². The maximum atomic E-state index is 9.61. The lowest BCUT2D eigenvalue weighted by Crippen LogP contribution is -2.52. The third-order valence-corrected chi connectivity index (χ3v) is 5.93. The summed E-state index contributed by atoms with van der Waals surface area (Å²) in [5.74, 6) is 0.948. The number of hydrogen-bond donors (Lipinski definition) is 1. The highest BCUT2D eigenvalue weighted by Gasteiger charge is 2.27. The SMILES string of the molecule is COc1ccc(CN2CCN(Cc3cccc(C)n3)C[C@H]2CCO)c(C)c1C. The van der Waals surface area contributed by atoms with Gasteiger partial charge in [0.05, 0.1) is 12.8 Å². The zero-order valence-electron chi connectivity index (χ0n) is 17.6. The van der Waals surface area contributed by atoms with Crippen molar-refractivity contribution in [2.75, 3.05) is 33.4 Å². The maximum Gasteiger partial charge on any atom is 0.122 e. The molecule has 0 aliphatic carbocycles. The summed E-state index contributed by atoms with van der Waals surface area (Å²) in [4.78, 5) is 9.63. The molecule has 5 heteroatoms. The number of aliphatic hydroxyl groups excluding tert-OH is 1. The number of aryl methyl sites for hydroxylation is 1. The summed E-state index contributed by atoms with van der Waals surface area (Å²) in [5, 5.41) is 9.61. The van der Waals surface area contributed by atoms with Crippen LogP contribution in [0.4, 0.5) is 0 Å². The summed E-state index contributed by atoms with van der Waals surface area (Å²) in [6.07, 6.45) is 0.798. The summed E-state index contributed by atoms with van der Waals surface area (Å²) < 4.78 is 5.45. The van der Waals surface area contributed by atoms with Gasteiger partial charge in [-0.3, -0.25) is 14.8 Å². The van der Waals surface area contributed by atoms with Crippen molar-refractivity contribution in [3.8, 4) is 5.75 Å². The van der Waals surface area contributed by atoms with Gasteiger partial charge in [0, 0.05) is 51.1 Å². The average Bonchev–Trinajstić information content (AvgIpc) is 2.68. The normalized spacial score (nSPS) is 18.4. The number of pyridine rings is 1. The summed E-state index contributed by atoms with van der Waals surface area (Å²) in [7, 11) is 1.72. The van der Waals surface area contributed by atoms with Gasteiger partial charge in [-0.2, -0.15) is 0 Å². The first kappa shape index (κ1) is 20.8. The van der Waals surface area contributed by atoms with E-state index in [1.807, 2.05) is 13.0 Å². The van der Waals surface area contributed by atoms with E-state index in [-0.39, 0.29) is 6.61 Å². The Morgan fingerprint density at radius 1 is 1.07 bits per heavy atom.